The van der Waals surface area contributed by atoms with Gasteiger partial charge < -0.3 is 9.88 Å². The van der Waals surface area contributed by atoms with E-state index in [1.54, 1.807) is 18.3 Å². The first-order valence-electron chi connectivity index (χ1n) is 7.14. The predicted molar refractivity (Wildman–Crippen MR) is 83.1 cm³/mol. The summed E-state index contributed by atoms with van der Waals surface area (Å²) in [6.07, 6.45) is 3.42. The molecule has 1 heterocycles. The first kappa shape index (κ1) is 15.0. The maximum atomic E-state index is 11.9. The van der Waals surface area contributed by atoms with Crippen LogP contribution in [-0.4, -0.2) is 16.5 Å². The summed E-state index contributed by atoms with van der Waals surface area (Å²) in [4.78, 5) is 23.4. The molecule has 2 aromatic rings. The fourth-order valence-corrected chi connectivity index (χ4v) is 2.17. The average Bonchev–Trinajstić information content (AvgIpc) is 2.48. The molecule has 0 spiro atoms. The average molecular weight is 284 g/mol. The monoisotopic (exact) mass is 284 g/mol. The molecule has 0 aliphatic heterocycles. The van der Waals surface area contributed by atoms with Gasteiger partial charge in [-0.2, -0.15) is 0 Å². The minimum Gasteiger partial charge on any atom is -0.352 e. The van der Waals surface area contributed by atoms with Gasteiger partial charge in [0.05, 0.1) is 0 Å². The molecular formula is C17H20N2O2. The van der Waals surface area contributed by atoms with Crippen LogP contribution in [0, 0.1) is 0 Å². The number of hydrogen-bond acceptors (Lipinski definition) is 2. The lowest BCUT2D eigenvalue weighted by atomic mass is 10.1. The van der Waals surface area contributed by atoms with Gasteiger partial charge in [-0.15, -0.1) is 0 Å². The van der Waals surface area contributed by atoms with E-state index in [0.29, 0.717) is 0 Å². The number of hydrogen-bond donors (Lipinski definition) is 1. The molecule has 4 heteroatoms. The molecule has 0 aliphatic carbocycles. The van der Waals surface area contributed by atoms with Crippen LogP contribution in [0.2, 0.25) is 0 Å². The summed E-state index contributed by atoms with van der Waals surface area (Å²) in [7, 11) is 0. The molecule has 1 amide bonds. The summed E-state index contributed by atoms with van der Waals surface area (Å²) in [5.41, 5.74) is 1.10. The Kier molecular flexibility index (Phi) is 5.32. The third-order valence-electron chi connectivity index (χ3n) is 3.33. The molecule has 110 valence electrons. The molecule has 1 N–H and O–H groups in total. The summed E-state index contributed by atoms with van der Waals surface area (Å²) in [6.45, 7) is 2.05. The maximum absolute atomic E-state index is 11.9. The van der Waals surface area contributed by atoms with Gasteiger partial charge in [0.25, 0.3) is 5.56 Å². The lowest BCUT2D eigenvalue weighted by Gasteiger charge is -2.14. The Morgan fingerprint density at radius 1 is 1.14 bits per heavy atom. The topological polar surface area (TPSA) is 51.1 Å². The Balaban J connectivity index is 1.80. The highest BCUT2D eigenvalue weighted by Gasteiger charge is 2.08. The number of nitrogens with one attached hydrogen (secondary N) is 1. The van der Waals surface area contributed by atoms with Crippen molar-refractivity contribution in [2.75, 3.05) is 0 Å². The van der Waals surface area contributed by atoms with Crippen LogP contribution in [0.4, 0.5) is 0 Å². The number of rotatable bonds is 6. The van der Waals surface area contributed by atoms with Crippen molar-refractivity contribution in [3.8, 4) is 0 Å². The predicted octanol–water partition coefficient (Wildman–Crippen LogP) is 1.99. The molecule has 0 bridgehead atoms. The highest BCUT2D eigenvalue weighted by molar-refractivity contribution is 5.75. The normalized spacial score (nSPS) is 11.9. The van der Waals surface area contributed by atoms with Crippen LogP contribution < -0.4 is 10.9 Å². The van der Waals surface area contributed by atoms with Crippen molar-refractivity contribution in [3.63, 3.8) is 0 Å². The number of aryl methyl sites for hydroxylation is 1. The van der Waals surface area contributed by atoms with E-state index in [1.807, 2.05) is 25.1 Å². The third kappa shape index (κ3) is 4.91. The van der Waals surface area contributed by atoms with E-state index in [4.69, 9.17) is 0 Å². The molecule has 0 fully saturated rings. The maximum Gasteiger partial charge on any atom is 0.250 e. The minimum atomic E-state index is -0.162. The van der Waals surface area contributed by atoms with Crippen molar-refractivity contribution in [2.24, 2.45) is 0 Å². The molecule has 0 saturated carbocycles. The van der Waals surface area contributed by atoms with Crippen molar-refractivity contribution in [1.29, 1.82) is 0 Å². The summed E-state index contributed by atoms with van der Waals surface area (Å²) >= 11 is 0. The summed E-state index contributed by atoms with van der Waals surface area (Å²) < 4.78 is 1.40. The molecule has 0 saturated heterocycles. The quantitative estimate of drug-likeness (QED) is 0.882. The fourth-order valence-electron chi connectivity index (χ4n) is 2.17. The van der Waals surface area contributed by atoms with Gasteiger partial charge in [-0.05, 0) is 31.4 Å². The van der Waals surface area contributed by atoms with Crippen LogP contribution in [0.3, 0.4) is 0 Å². The highest BCUT2D eigenvalue weighted by atomic mass is 16.2. The molecule has 1 unspecified atom stereocenters. The SMILES string of the molecule is CC(CCc1ccccc1)NC(=O)Cn1ccccc1=O. The first-order chi connectivity index (χ1) is 10.1. The van der Waals surface area contributed by atoms with Gasteiger partial charge in [0.15, 0.2) is 0 Å². The van der Waals surface area contributed by atoms with Gasteiger partial charge in [0, 0.05) is 18.3 Å². The minimum absolute atomic E-state index is 0.0648. The highest BCUT2D eigenvalue weighted by Crippen LogP contribution is 2.04. The van der Waals surface area contributed by atoms with Crippen molar-refractivity contribution in [2.45, 2.75) is 32.4 Å². The molecule has 0 radical (unpaired) electrons. The van der Waals surface area contributed by atoms with E-state index in [2.05, 4.69) is 17.4 Å². The number of amides is 1. The molecule has 1 atom stereocenters. The van der Waals surface area contributed by atoms with Crippen molar-refractivity contribution >= 4 is 5.91 Å². The Labute approximate surface area is 124 Å². The van der Waals surface area contributed by atoms with E-state index >= 15 is 0 Å². The second-order valence-corrected chi connectivity index (χ2v) is 5.16. The molecule has 2 rings (SSSR count). The van der Waals surface area contributed by atoms with Gasteiger partial charge >= 0.3 is 0 Å². The Bertz CT molecular complexity index is 634. The zero-order chi connectivity index (χ0) is 15.1. The van der Waals surface area contributed by atoms with Crippen LogP contribution in [0.5, 0.6) is 0 Å². The van der Waals surface area contributed by atoms with E-state index in [9.17, 15) is 9.59 Å². The zero-order valence-corrected chi connectivity index (χ0v) is 12.2. The largest absolute Gasteiger partial charge is 0.352 e. The van der Waals surface area contributed by atoms with Crippen molar-refractivity contribution in [1.82, 2.24) is 9.88 Å². The number of aromatic nitrogens is 1. The lowest BCUT2D eigenvalue weighted by Crippen LogP contribution is -2.37. The second-order valence-electron chi connectivity index (χ2n) is 5.16. The molecule has 21 heavy (non-hydrogen) atoms. The van der Waals surface area contributed by atoms with Crippen molar-refractivity contribution in [3.05, 3.63) is 70.6 Å². The molecule has 4 nitrogen and oxygen atoms in total. The molecule has 1 aromatic heterocycles. The lowest BCUT2D eigenvalue weighted by molar-refractivity contribution is -0.122. The van der Waals surface area contributed by atoms with Crippen molar-refractivity contribution < 1.29 is 4.79 Å². The third-order valence-corrected chi connectivity index (χ3v) is 3.33. The Morgan fingerprint density at radius 2 is 1.86 bits per heavy atom. The van der Waals surface area contributed by atoms with Crippen LogP contribution >= 0.6 is 0 Å². The van der Waals surface area contributed by atoms with E-state index in [0.717, 1.165) is 12.8 Å². The smallest absolute Gasteiger partial charge is 0.250 e. The molecule has 1 aromatic carbocycles. The standard InChI is InChI=1S/C17H20N2O2/c1-14(10-11-15-7-3-2-4-8-15)18-16(20)13-19-12-6-5-9-17(19)21/h2-9,12,14H,10-11,13H2,1H3,(H,18,20). The van der Waals surface area contributed by atoms with Crippen LogP contribution in [0.15, 0.2) is 59.5 Å². The van der Waals surface area contributed by atoms with Gasteiger partial charge in [0.2, 0.25) is 5.91 Å². The second kappa shape index (κ2) is 7.43. The van der Waals surface area contributed by atoms with Crippen LogP contribution in [-0.2, 0) is 17.8 Å². The van der Waals surface area contributed by atoms with Gasteiger partial charge in [0.1, 0.15) is 6.54 Å². The number of nitrogens with zero attached hydrogens (tertiary/aromatic N) is 1. The summed E-state index contributed by atoms with van der Waals surface area (Å²) in [6, 6.07) is 15.1. The van der Waals surface area contributed by atoms with Crippen LogP contribution in [0.1, 0.15) is 18.9 Å². The Morgan fingerprint density at radius 3 is 2.57 bits per heavy atom. The first-order valence-corrected chi connectivity index (χ1v) is 7.14. The van der Waals surface area contributed by atoms with Gasteiger partial charge in [-0.25, -0.2) is 0 Å². The van der Waals surface area contributed by atoms with Crippen LogP contribution in [0.25, 0.3) is 0 Å². The number of pyridine rings is 1. The number of benzene rings is 1. The fraction of sp³-hybridized carbons (Fsp3) is 0.294. The van der Waals surface area contributed by atoms with E-state index < -0.39 is 0 Å². The number of carbonyl (C=O) groups is 1. The molecular weight excluding hydrogens is 264 g/mol. The zero-order valence-electron chi connectivity index (χ0n) is 12.2. The van der Waals surface area contributed by atoms with E-state index in [1.165, 1.54) is 16.2 Å². The Hall–Kier alpha value is -2.36. The summed E-state index contributed by atoms with van der Waals surface area (Å²) in [5, 5.41) is 2.93. The molecule has 0 aliphatic rings. The number of carbonyl (C=O) groups excluding carboxylic acids is 1. The van der Waals surface area contributed by atoms with Gasteiger partial charge in [-0.1, -0.05) is 36.4 Å². The summed E-state index contributed by atoms with van der Waals surface area (Å²) in [5.74, 6) is -0.135. The van der Waals surface area contributed by atoms with E-state index in [-0.39, 0.29) is 24.1 Å². The van der Waals surface area contributed by atoms with Gasteiger partial charge in [-0.3, -0.25) is 9.59 Å².